The Kier molecular flexibility index (Phi) is 4.02. The molecule has 136 valence electrons. The number of aromatic nitrogens is 4. The fourth-order valence-corrected chi connectivity index (χ4v) is 3.12. The number of carbonyl (C=O) groups is 1. The van der Waals surface area contributed by atoms with Crippen molar-refractivity contribution >= 4 is 23.6 Å². The number of hydrazine groups is 1. The fourth-order valence-electron chi connectivity index (χ4n) is 3.12. The summed E-state index contributed by atoms with van der Waals surface area (Å²) in [4.78, 5) is 25.9. The number of hydrogen-bond acceptors (Lipinski definition) is 7. The monoisotopic (exact) mass is 361 g/mol. The molecule has 0 amide bonds. The van der Waals surface area contributed by atoms with Gasteiger partial charge in [0.1, 0.15) is 18.2 Å². The molecule has 26 heavy (non-hydrogen) atoms. The Labute approximate surface area is 148 Å². The number of anilines is 2. The number of alkyl halides is 2. The maximum atomic E-state index is 13.4. The van der Waals surface area contributed by atoms with Crippen LogP contribution in [0.15, 0.2) is 37.3 Å². The van der Waals surface area contributed by atoms with Crippen LogP contribution >= 0.6 is 0 Å². The van der Waals surface area contributed by atoms with Crippen LogP contribution in [0.1, 0.15) is 12.8 Å². The minimum absolute atomic E-state index is 0.197. The molecule has 1 atom stereocenters. The van der Waals surface area contributed by atoms with Crippen LogP contribution in [0.3, 0.4) is 0 Å². The van der Waals surface area contributed by atoms with Crippen LogP contribution in [0.4, 0.5) is 20.4 Å². The first-order chi connectivity index (χ1) is 12.6. The molecule has 0 aliphatic carbocycles. The molecule has 4 rings (SSSR count). The van der Waals surface area contributed by atoms with Crippen molar-refractivity contribution in [1.82, 2.24) is 24.9 Å². The zero-order valence-electron chi connectivity index (χ0n) is 13.8. The van der Waals surface area contributed by atoms with E-state index in [1.165, 1.54) is 6.33 Å². The van der Waals surface area contributed by atoms with Gasteiger partial charge in [0.15, 0.2) is 12.1 Å². The molecule has 1 unspecified atom stereocenters. The molecule has 10 heteroatoms. The second-order valence-corrected chi connectivity index (χ2v) is 6.20. The SMILES string of the molecule is O=CC1C(n2ccnc2)=CNN1c1cc(N2CCC(F)(F)CC2)ncn1. The summed E-state index contributed by atoms with van der Waals surface area (Å²) >= 11 is 0. The first kappa shape index (κ1) is 16.4. The average Bonchev–Trinajstić information content (AvgIpc) is 3.30. The Balaban J connectivity index is 1.55. The van der Waals surface area contributed by atoms with E-state index in [2.05, 4.69) is 20.4 Å². The van der Waals surface area contributed by atoms with Crippen molar-refractivity contribution in [3.8, 4) is 0 Å². The molecule has 1 saturated heterocycles. The van der Waals surface area contributed by atoms with E-state index in [1.54, 1.807) is 45.5 Å². The van der Waals surface area contributed by atoms with E-state index >= 15 is 0 Å². The third-order valence-corrected chi connectivity index (χ3v) is 4.57. The maximum Gasteiger partial charge on any atom is 0.251 e. The van der Waals surface area contributed by atoms with Gasteiger partial charge in [-0.3, -0.25) is 5.01 Å². The molecule has 0 bridgehead atoms. The van der Waals surface area contributed by atoms with Crippen molar-refractivity contribution in [2.24, 2.45) is 0 Å². The van der Waals surface area contributed by atoms with Gasteiger partial charge in [-0.05, 0) is 0 Å². The van der Waals surface area contributed by atoms with E-state index in [0.717, 1.165) is 6.29 Å². The largest absolute Gasteiger partial charge is 0.356 e. The second kappa shape index (κ2) is 6.36. The number of nitrogens with zero attached hydrogens (tertiary/aromatic N) is 6. The van der Waals surface area contributed by atoms with Gasteiger partial charge in [-0.15, -0.1) is 0 Å². The Bertz CT molecular complexity index is 814. The van der Waals surface area contributed by atoms with Gasteiger partial charge in [-0.1, -0.05) is 0 Å². The van der Waals surface area contributed by atoms with Crippen molar-refractivity contribution < 1.29 is 13.6 Å². The number of hydrogen-bond donors (Lipinski definition) is 1. The number of rotatable bonds is 4. The van der Waals surface area contributed by atoms with Gasteiger partial charge in [-0.2, -0.15) is 0 Å². The number of nitrogens with one attached hydrogen (secondary N) is 1. The van der Waals surface area contributed by atoms with Gasteiger partial charge in [0.2, 0.25) is 0 Å². The molecular formula is C16H17F2N7O. The number of imidazole rings is 1. The average molecular weight is 361 g/mol. The molecule has 0 saturated carbocycles. The molecule has 1 N–H and O–H groups in total. The van der Waals surface area contributed by atoms with Crippen molar-refractivity contribution in [3.05, 3.63) is 37.3 Å². The van der Waals surface area contributed by atoms with Crippen LogP contribution in [0.25, 0.3) is 5.70 Å². The third kappa shape index (κ3) is 2.98. The summed E-state index contributed by atoms with van der Waals surface area (Å²) in [5.74, 6) is -1.57. The van der Waals surface area contributed by atoms with E-state index in [4.69, 9.17) is 0 Å². The summed E-state index contributed by atoms with van der Waals surface area (Å²) in [7, 11) is 0. The molecule has 1 fully saturated rings. The predicted molar refractivity (Wildman–Crippen MR) is 90.4 cm³/mol. The van der Waals surface area contributed by atoms with Crippen LogP contribution in [0, 0.1) is 0 Å². The van der Waals surface area contributed by atoms with Crippen molar-refractivity contribution in [3.63, 3.8) is 0 Å². The summed E-state index contributed by atoms with van der Waals surface area (Å²) in [6.07, 6.45) is 8.45. The molecule has 2 aliphatic rings. The van der Waals surface area contributed by atoms with Crippen molar-refractivity contribution in [1.29, 1.82) is 0 Å². The topological polar surface area (TPSA) is 79.2 Å². The van der Waals surface area contributed by atoms with E-state index in [9.17, 15) is 13.6 Å². The number of piperidine rings is 1. The lowest BCUT2D eigenvalue weighted by Crippen LogP contribution is -2.42. The first-order valence-electron chi connectivity index (χ1n) is 8.21. The maximum absolute atomic E-state index is 13.4. The standard InChI is InChI=1S/C16H17F2N7O/c17-16(18)1-4-23(5-2-16)14-7-15(21-10-20-14)25-13(9-26)12(8-22-25)24-6-3-19-11-24/h3,6-11,13,22H,1-2,4-5H2. The van der Waals surface area contributed by atoms with Gasteiger partial charge in [-0.25, -0.2) is 23.7 Å². The van der Waals surface area contributed by atoms with Crippen LogP contribution in [0.2, 0.25) is 0 Å². The van der Waals surface area contributed by atoms with Gasteiger partial charge in [0, 0.05) is 50.6 Å². The van der Waals surface area contributed by atoms with E-state index < -0.39 is 12.0 Å². The van der Waals surface area contributed by atoms with Crippen LogP contribution in [-0.4, -0.2) is 50.9 Å². The van der Waals surface area contributed by atoms with Gasteiger partial charge in [0.05, 0.1) is 12.0 Å². The molecule has 4 heterocycles. The van der Waals surface area contributed by atoms with Gasteiger partial charge >= 0.3 is 0 Å². The van der Waals surface area contributed by atoms with E-state index in [0.29, 0.717) is 17.3 Å². The molecule has 0 radical (unpaired) electrons. The van der Waals surface area contributed by atoms with Gasteiger partial charge in [0.25, 0.3) is 5.92 Å². The Hall–Kier alpha value is -3.04. The smallest absolute Gasteiger partial charge is 0.251 e. The highest BCUT2D eigenvalue weighted by molar-refractivity contribution is 5.83. The summed E-state index contributed by atoms with van der Waals surface area (Å²) in [5.41, 5.74) is 3.72. The predicted octanol–water partition coefficient (Wildman–Crippen LogP) is 1.30. The molecular weight excluding hydrogens is 344 g/mol. The van der Waals surface area contributed by atoms with Gasteiger partial charge < -0.3 is 19.7 Å². The highest BCUT2D eigenvalue weighted by Crippen LogP contribution is 2.31. The fraction of sp³-hybridized carbons (Fsp3) is 0.375. The van der Waals surface area contributed by atoms with Crippen LogP contribution in [-0.2, 0) is 4.79 Å². The summed E-state index contributed by atoms with van der Waals surface area (Å²) in [6, 6.07) is 1.09. The lowest BCUT2D eigenvalue weighted by molar-refractivity contribution is -0.108. The zero-order chi connectivity index (χ0) is 18.1. The lowest BCUT2D eigenvalue weighted by atomic mass is 10.1. The normalized spacial score (nSPS) is 22.1. The molecule has 0 spiro atoms. The molecule has 2 aromatic rings. The summed E-state index contributed by atoms with van der Waals surface area (Å²) < 4.78 is 28.5. The first-order valence-corrected chi connectivity index (χ1v) is 8.21. The lowest BCUT2D eigenvalue weighted by Gasteiger charge is -2.33. The minimum Gasteiger partial charge on any atom is -0.356 e. The van der Waals surface area contributed by atoms with Crippen LogP contribution < -0.4 is 15.3 Å². The number of carbonyl (C=O) groups excluding carboxylic acids is 1. The van der Waals surface area contributed by atoms with E-state index in [1.807, 2.05) is 0 Å². The quantitative estimate of drug-likeness (QED) is 0.823. The van der Waals surface area contributed by atoms with Crippen LogP contribution in [0.5, 0.6) is 0 Å². The van der Waals surface area contributed by atoms with E-state index in [-0.39, 0.29) is 25.9 Å². The van der Waals surface area contributed by atoms with Crippen molar-refractivity contribution in [2.75, 3.05) is 23.0 Å². The molecule has 8 nitrogen and oxygen atoms in total. The van der Waals surface area contributed by atoms with Crippen molar-refractivity contribution in [2.45, 2.75) is 24.8 Å². The number of aldehydes is 1. The Morgan fingerprint density at radius 3 is 2.69 bits per heavy atom. The highest BCUT2D eigenvalue weighted by Gasteiger charge is 2.35. The summed E-state index contributed by atoms with van der Waals surface area (Å²) in [5, 5.41) is 1.60. The highest BCUT2D eigenvalue weighted by atomic mass is 19.3. The summed E-state index contributed by atoms with van der Waals surface area (Å²) in [6.45, 7) is 0.457. The zero-order valence-corrected chi connectivity index (χ0v) is 13.8. The Morgan fingerprint density at radius 2 is 2.00 bits per heavy atom. The number of halogens is 2. The third-order valence-electron chi connectivity index (χ3n) is 4.57. The molecule has 0 aromatic carbocycles. The second-order valence-electron chi connectivity index (χ2n) is 6.20. The minimum atomic E-state index is -2.62. The molecule has 2 aromatic heterocycles. The molecule has 2 aliphatic heterocycles. The Morgan fingerprint density at radius 1 is 1.23 bits per heavy atom.